The Kier molecular flexibility index (Phi) is 7.32. The Hall–Kier alpha value is -3.19. The van der Waals surface area contributed by atoms with Gasteiger partial charge in [0.25, 0.3) is 0 Å². The number of aliphatic hydroxyl groups excluding tert-OH is 1. The maximum absolute atomic E-state index is 13.4. The van der Waals surface area contributed by atoms with Gasteiger partial charge in [0.1, 0.15) is 30.2 Å². The van der Waals surface area contributed by atoms with Crippen LogP contribution in [-0.2, 0) is 39.8 Å². The second-order valence-electron chi connectivity index (χ2n) is 8.82. The molecule has 2 aromatic heterocycles. The summed E-state index contributed by atoms with van der Waals surface area (Å²) in [7, 11) is -2.62. The van der Waals surface area contributed by atoms with E-state index < -0.39 is 37.7 Å². The number of esters is 1. The van der Waals surface area contributed by atoms with Crippen LogP contribution in [0.1, 0.15) is 35.0 Å². The van der Waals surface area contributed by atoms with E-state index in [4.69, 9.17) is 28.8 Å². The summed E-state index contributed by atoms with van der Waals surface area (Å²) in [5, 5.41) is 15.7. The number of aromatic nitrogens is 3. The van der Waals surface area contributed by atoms with Crippen molar-refractivity contribution in [2.75, 3.05) is 26.0 Å². The predicted molar refractivity (Wildman–Crippen MR) is 135 cm³/mol. The van der Waals surface area contributed by atoms with Gasteiger partial charge in [0, 0.05) is 13.3 Å². The Balaban J connectivity index is 1.37. The van der Waals surface area contributed by atoms with E-state index in [0.29, 0.717) is 23.2 Å². The normalized spacial score (nSPS) is 29.1. The molecule has 4 heterocycles. The smallest absolute Gasteiger partial charge is 0.462 e. The van der Waals surface area contributed by atoms with Crippen LogP contribution in [0.2, 0.25) is 0 Å². The first-order valence-corrected chi connectivity index (χ1v) is 13.5. The second-order valence-corrected chi connectivity index (χ2v) is 10.4. The number of anilines is 1. The molecule has 2 fully saturated rings. The number of hydrogen-bond donors (Lipinski definition) is 2. The number of aliphatic imine (C=N–C) groups is 1. The molecule has 14 heteroatoms. The molecule has 2 aliphatic heterocycles. The fraction of sp³-hybridized carbons (Fsp3) is 0.417. The summed E-state index contributed by atoms with van der Waals surface area (Å²) in [5.41, 5.74) is 6.13. The van der Waals surface area contributed by atoms with Crippen molar-refractivity contribution >= 4 is 31.3 Å². The van der Waals surface area contributed by atoms with E-state index in [-0.39, 0.29) is 31.2 Å². The van der Waals surface area contributed by atoms with Crippen molar-refractivity contribution in [3.8, 4) is 0 Å². The van der Waals surface area contributed by atoms with E-state index in [2.05, 4.69) is 15.1 Å². The van der Waals surface area contributed by atoms with Crippen LogP contribution in [0.4, 0.5) is 5.82 Å². The van der Waals surface area contributed by atoms with Crippen LogP contribution >= 0.6 is 7.82 Å². The number of benzene rings is 1. The summed E-state index contributed by atoms with van der Waals surface area (Å²) in [6.07, 6.45) is 0.162. The van der Waals surface area contributed by atoms with Crippen LogP contribution in [0.25, 0.3) is 5.52 Å². The van der Waals surface area contributed by atoms with E-state index in [9.17, 15) is 14.5 Å². The van der Waals surface area contributed by atoms with Crippen molar-refractivity contribution in [1.29, 1.82) is 0 Å². The Morgan fingerprint density at radius 2 is 2.18 bits per heavy atom. The van der Waals surface area contributed by atoms with Crippen molar-refractivity contribution < 1.29 is 37.5 Å². The van der Waals surface area contributed by atoms with Gasteiger partial charge in [0.2, 0.25) is 0 Å². The number of carbonyl (C=O) groups excluding carboxylic acids is 1. The first-order chi connectivity index (χ1) is 18.3. The predicted octanol–water partition coefficient (Wildman–Crippen LogP) is 2.27. The Labute approximate surface area is 218 Å². The largest absolute Gasteiger partial charge is 0.475 e. The van der Waals surface area contributed by atoms with E-state index in [1.54, 1.807) is 36.4 Å². The number of ether oxygens (including phenoxy) is 2. The van der Waals surface area contributed by atoms with Crippen molar-refractivity contribution in [2.45, 2.75) is 43.9 Å². The van der Waals surface area contributed by atoms with Gasteiger partial charge in [0.05, 0.1) is 31.1 Å². The SMILES string of the molecule is CCCOC(=O)c1ccccc1COP1(=O)OC[C@H]2O[C@@](C=NC)(c3ccc4c(N)ncnn34)[C@H](O)[C@@H]2O1. The maximum atomic E-state index is 13.4. The molecular formula is C24H28N5O8P. The molecule has 5 rings (SSSR count). The summed E-state index contributed by atoms with van der Waals surface area (Å²) < 4.78 is 43.2. The van der Waals surface area contributed by atoms with Crippen molar-refractivity contribution in [3.05, 3.63) is 59.5 Å². The molecule has 0 radical (unpaired) electrons. The number of carbonyl (C=O) groups is 1. The van der Waals surface area contributed by atoms with Crippen molar-refractivity contribution in [3.63, 3.8) is 0 Å². The molecule has 0 saturated carbocycles. The number of nitrogens with zero attached hydrogens (tertiary/aromatic N) is 4. The van der Waals surface area contributed by atoms with Gasteiger partial charge in [-0.05, 0) is 30.2 Å². The number of nitrogens with two attached hydrogens (primary N) is 1. The first kappa shape index (κ1) is 26.4. The molecular weight excluding hydrogens is 517 g/mol. The summed E-state index contributed by atoms with van der Waals surface area (Å²) in [6.45, 7) is 1.74. The van der Waals surface area contributed by atoms with Crippen LogP contribution in [0.5, 0.6) is 0 Å². The van der Waals surface area contributed by atoms with E-state index in [1.807, 2.05) is 6.92 Å². The van der Waals surface area contributed by atoms with Gasteiger partial charge in [-0.1, -0.05) is 25.1 Å². The van der Waals surface area contributed by atoms with Gasteiger partial charge < -0.3 is 20.3 Å². The molecule has 0 aliphatic carbocycles. The van der Waals surface area contributed by atoms with Gasteiger partial charge in [-0.3, -0.25) is 18.6 Å². The summed E-state index contributed by atoms with van der Waals surface area (Å²) in [4.78, 5) is 20.5. The fourth-order valence-electron chi connectivity index (χ4n) is 4.59. The second kappa shape index (κ2) is 10.5. The standard InChI is InChI=1S/C24H28N5O8P/c1-3-10-33-23(31)16-7-5-4-6-15(16)11-34-38(32)35-12-18-20(37-38)21(30)24(36-18,13-26-2)19-9-8-17-22(25)27-14-28-29(17)19/h4-9,13-14,18,20-21,30H,3,10-12H2,1-2H3,(H2,25,27,28)/t18-,20-,21-,24+,38?/m1/s1. The molecule has 3 aromatic rings. The van der Waals surface area contributed by atoms with Crippen LogP contribution in [0.3, 0.4) is 0 Å². The highest BCUT2D eigenvalue weighted by molar-refractivity contribution is 7.48. The fourth-order valence-corrected chi connectivity index (χ4v) is 5.96. The number of fused-ring (bicyclic) bond motifs is 2. The van der Waals surface area contributed by atoms with Gasteiger partial charge in [-0.15, -0.1) is 0 Å². The highest BCUT2D eigenvalue weighted by atomic mass is 31.2. The average Bonchev–Trinajstić information content (AvgIpc) is 3.47. The third kappa shape index (κ3) is 4.62. The summed E-state index contributed by atoms with van der Waals surface area (Å²) in [5.74, 6) is -0.266. The van der Waals surface area contributed by atoms with Crippen LogP contribution in [0, 0.1) is 0 Å². The minimum atomic E-state index is -4.15. The topological polar surface area (TPSA) is 169 Å². The zero-order chi connectivity index (χ0) is 26.9. The molecule has 0 bridgehead atoms. The lowest BCUT2D eigenvalue weighted by atomic mass is 9.92. The lowest BCUT2D eigenvalue weighted by Gasteiger charge is -2.31. The number of phosphoric ester groups is 1. The molecule has 2 saturated heterocycles. The monoisotopic (exact) mass is 545 g/mol. The Morgan fingerprint density at radius 1 is 1.37 bits per heavy atom. The molecule has 3 N–H and O–H groups in total. The zero-order valence-electron chi connectivity index (χ0n) is 20.8. The highest BCUT2D eigenvalue weighted by Crippen LogP contribution is 2.58. The zero-order valence-corrected chi connectivity index (χ0v) is 21.7. The third-order valence-corrected chi connectivity index (χ3v) is 7.78. The van der Waals surface area contributed by atoms with E-state index in [0.717, 1.165) is 0 Å². The molecule has 1 aromatic carbocycles. The number of nitrogen functional groups attached to an aromatic ring is 1. The van der Waals surface area contributed by atoms with Crippen LogP contribution in [0.15, 0.2) is 47.7 Å². The molecule has 13 nitrogen and oxygen atoms in total. The highest BCUT2D eigenvalue weighted by Gasteiger charge is 2.61. The van der Waals surface area contributed by atoms with Crippen molar-refractivity contribution in [2.24, 2.45) is 4.99 Å². The minimum absolute atomic E-state index is 0.182. The van der Waals surface area contributed by atoms with Gasteiger partial charge >= 0.3 is 13.8 Å². The molecule has 0 spiro atoms. The number of aliphatic hydroxyl groups is 1. The maximum Gasteiger partial charge on any atom is 0.475 e. The van der Waals surface area contributed by atoms with Crippen LogP contribution < -0.4 is 5.73 Å². The third-order valence-electron chi connectivity index (χ3n) is 6.37. The number of hydrogen-bond acceptors (Lipinski definition) is 12. The number of rotatable bonds is 8. The number of phosphoric acid groups is 1. The molecule has 5 atom stereocenters. The van der Waals surface area contributed by atoms with Crippen LogP contribution in [-0.4, -0.2) is 70.5 Å². The van der Waals surface area contributed by atoms with Gasteiger partial charge in [-0.2, -0.15) is 5.10 Å². The summed E-state index contributed by atoms with van der Waals surface area (Å²) >= 11 is 0. The summed E-state index contributed by atoms with van der Waals surface area (Å²) in [6, 6.07) is 10.0. The van der Waals surface area contributed by atoms with E-state index >= 15 is 0 Å². The molecule has 2 aliphatic rings. The first-order valence-electron chi connectivity index (χ1n) is 12.0. The van der Waals surface area contributed by atoms with Gasteiger partial charge in [-0.25, -0.2) is 18.9 Å². The van der Waals surface area contributed by atoms with Gasteiger partial charge in [0.15, 0.2) is 11.4 Å². The lowest BCUT2D eigenvalue weighted by Crippen LogP contribution is -2.44. The minimum Gasteiger partial charge on any atom is -0.462 e. The molecule has 38 heavy (non-hydrogen) atoms. The molecule has 1 unspecified atom stereocenters. The van der Waals surface area contributed by atoms with Crippen molar-refractivity contribution in [1.82, 2.24) is 14.6 Å². The Morgan fingerprint density at radius 3 is 2.97 bits per heavy atom. The molecule has 202 valence electrons. The van der Waals surface area contributed by atoms with E-state index in [1.165, 1.54) is 24.1 Å². The lowest BCUT2D eigenvalue weighted by molar-refractivity contribution is -0.0727. The average molecular weight is 545 g/mol. The quantitative estimate of drug-likeness (QED) is 0.242. The Bertz CT molecular complexity index is 1410. The molecule has 0 amide bonds.